The summed E-state index contributed by atoms with van der Waals surface area (Å²) in [5.74, 6) is 0. The van der Waals surface area contributed by atoms with Crippen LogP contribution in [0.25, 0.3) is 0 Å². The van der Waals surface area contributed by atoms with Gasteiger partial charge < -0.3 is 9.47 Å². The molecule has 1 aromatic rings. The Kier molecular flexibility index (Phi) is 4.82. The lowest BCUT2D eigenvalue weighted by molar-refractivity contribution is 0.324. The largest absolute Gasteiger partial charge is 0.313 e. The van der Waals surface area contributed by atoms with E-state index in [-0.39, 0.29) is 5.56 Å². The van der Waals surface area contributed by atoms with Crippen LogP contribution in [0.3, 0.4) is 0 Å². The number of rotatable bonds is 4. The maximum absolute atomic E-state index is 11.8. The van der Waals surface area contributed by atoms with Crippen LogP contribution in [-0.2, 0) is 6.54 Å². The number of nitrogens with zero attached hydrogens (tertiary/aromatic N) is 2. The van der Waals surface area contributed by atoms with Crippen LogP contribution in [0.15, 0.2) is 26.0 Å². The van der Waals surface area contributed by atoms with Crippen LogP contribution in [0.1, 0.15) is 19.3 Å². The number of pyridine rings is 1. The van der Waals surface area contributed by atoms with Crippen molar-refractivity contribution in [1.29, 1.82) is 0 Å². The van der Waals surface area contributed by atoms with E-state index in [0.717, 1.165) is 24.0 Å². The molecule has 17 heavy (non-hydrogen) atoms. The number of aromatic nitrogens is 1. The van der Waals surface area contributed by atoms with Crippen molar-refractivity contribution < 1.29 is 0 Å². The monoisotopic (exact) mass is 362 g/mol. The number of hydrogen-bond donors (Lipinski definition) is 0. The smallest absolute Gasteiger partial charge is 0.264 e. The minimum absolute atomic E-state index is 0.0506. The highest BCUT2D eigenvalue weighted by atomic mass is 79.9. The molecule has 0 atom stereocenters. The molecule has 0 bridgehead atoms. The Hall–Kier alpha value is -0.130. The summed E-state index contributed by atoms with van der Waals surface area (Å²) >= 11 is 6.69. The van der Waals surface area contributed by atoms with E-state index in [4.69, 9.17) is 0 Å². The lowest BCUT2D eigenvalue weighted by Crippen LogP contribution is -2.25. The van der Waals surface area contributed by atoms with Crippen LogP contribution in [-0.4, -0.2) is 29.1 Å². The van der Waals surface area contributed by atoms with Crippen molar-refractivity contribution in [3.8, 4) is 0 Å². The van der Waals surface area contributed by atoms with Crippen molar-refractivity contribution in [1.82, 2.24) is 9.47 Å². The first kappa shape index (κ1) is 13.3. The van der Waals surface area contributed by atoms with E-state index in [0.29, 0.717) is 4.47 Å². The normalized spacial score (nSPS) is 16.6. The molecule has 1 fully saturated rings. The molecule has 2 heterocycles. The summed E-state index contributed by atoms with van der Waals surface area (Å²) in [6.45, 7) is 4.32. The van der Waals surface area contributed by atoms with E-state index in [1.54, 1.807) is 10.6 Å². The third-order valence-electron chi connectivity index (χ3n) is 3.08. The second-order valence-electron chi connectivity index (χ2n) is 4.41. The molecule has 0 unspecified atom stereocenters. The molecule has 1 aliphatic heterocycles. The van der Waals surface area contributed by atoms with Gasteiger partial charge in [0.25, 0.3) is 5.56 Å². The average molecular weight is 364 g/mol. The summed E-state index contributed by atoms with van der Waals surface area (Å²) in [5, 5.41) is 0. The second kappa shape index (κ2) is 6.16. The van der Waals surface area contributed by atoms with Gasteiger partial charge >= 0.3 is 0 Å². The molecule has 0 N–H and O–H groups in total. The minimum atomic E-state index is 0.0506. The van der Waals surface area contributed by atoms with Gasteiger partial charge in [-0.25, -0.2) is 0 Å². The van der Waals surface area contributed by atoms with E-state index < -0.39 is 0 Å². The van der Waals surface area contributed by atoms with Gasteiger partial charge in [-0.3, -0.25) is 4.79 Å². The number of hydrogen-bond acceptors (Lipinski definition) is 2. The zero-order chi connectivity index (χ0) is 12.3. The lowest BCUT2D eigenvalue weighted by Gasteiger charge is -2.14. The molecule has 3 nitrogen and oxygen atoms in total. The summed E-state index contributed by atoms with van der Waals surface area (Å²) in [5.41, 5.74) is 0.0506. The first-order valence-corrected chi connectivity index (χ1v) is 7.53. The van der Waals surface area contributed by atoms with Gasteiger partial charge in [0.15, 0.2) is 0 Å². The van der Waals surface area contributed by atoms with Gasteiger partial charge in [-0.1, -0.05) is 0 Å². The van der Waals surface area contributed by atoms with Crippen molar-refractivity contribution in [2.45, 2.75) is 25.8 Å². The minimum Gasteiger partial charge on any atom is -0.313 e. The summed E-state index contributed by atoms with van der Waals surface area (Å²) in [4.78, 5) is 14.3. The Morgan fingerprint density at radius 3 is 2.59 bits per heavy atom. The van der Waals surface area contributed by atoms with Gasteiger partial charge in [-0.15, -0.1) is 0 Å². The summed E-state index contributed by atoms with van der Waals surface area (Å²) < 4.78 is 3.32. The average Bonchev–Trinajstić information content (AvgIpc) is 2.78. The Balaban J connectivity index is 1.92. The maximum Gasteiger partial charge on any atom is 0.264 e. The molecule has 1 saturated heterocycles. The molecule has 2 rings (SSSR count). The summed E-state index contributed by atoms with van der Waals surface area (Å²) in [6.07, 6.45) is 5.53. The van der Waals surface area contributed by atoms with Gasteiger partial charge in [0, 0.05) is 17.2 Å². The maximum atomic E-state index is 11.8. The summed E-state index contributed by atoms with van der Waals surface area (Å²) in [7, 11) is 0. The number of likely N-dealkylation sites (tertiary alicyclic amines) is 1. The molecular formula is C12H16Br2N2O. The van der Waals surface area contributed by atoms with Gasteiger partial charge in [0.1, 0.15) is 0 Å². The van der Waals surface area contributed by atoms with E-state index in [1.807, 2.05) is 6.20 Å². The zero-order valence-corrected chi connectivity index (χ0v) is 12.8. The molecule has 0 saturated carbocycles. The first-order valence-electron chi connectivity index (χ1n) is 5.94. The van der Waals surface area contributed by atoms with Gasteiger partial charge in [-0.2, -0.15) is 0 Å². The molecule has 1 aliphatic rings. The fraction of sp³-hybridized carbons (Fsp3) is 0.583. The van der Waals surface area contributed by atoms with Crippen molar-refractivity contribution in [2.75, 3.05) is 19.6 Å². The van der Waals surface area contributed by atoms with Crippen LogP contribution >= 0.6 is 31.9 Å². The Morgan fingerprint density at radius 2 is 1.88 bits per heavy atom. The predicted molar refractivity (Wildman–Crippen MR) is 76.4 cm³/mol. The first-order chi connectivity index (χ1) is 8.16. The standard InChI is InChI=1S/C12H16Br2N2O/c13-10-8-11(14)12(17)16(9-10)7-3-6-15-4-1-2-5-15/h8-9H,1-7H2. The lowest BCUT2D eigenvalue weighted by atomic mass is 10.3. The van der Waals surface area contributed by atoms with Crippen molar-refractivity contribution >= 4 is 31.9 Å². The van der Waals surface area contributed by atoms with Crippen LogP contribution in [0.5, 0.6) is 0 Å². The quantitative estimate of drug-likeness (QED) is 0.821. The molecule has 0 radical (unpaired) electrons. The van der Waals surface area contributed by atoms with E-state index in [9.17, 15) is 4.79 Å². The van der Waals surface area contributed by atoms with Crippen LogP contribution in [0, 0.1) is 0 Å². The Morgan fingerprint density at radius 1 is 1.18 bits per heavy atom. The van der Waals surface area contributed by atoms with Gasteiger partial charge in [-0.05, 0) is 76.8 Å². The molecular weight excluding hydrogens is 348 g/mol. The molecule has 0 amide bonds. The highest BCUT2D eigenvalue weighted by Crippen LogP contribution is 2.13. The fourth-order valence-corrected chi connectivity index (χ4v) is 3.46. The molecule has 0 spiro atoms. The Labute approximate surface area is 118 Å². The van der Waals surface area contributed by atoms with E-state index in [1.165, 1.54) is 25.9 Å². The third-order valence-corrected chi connectivity index (χ3v) is 4.08. The van der Waals surface area contributed by atoms with Crippen LogP contribution < -0.4 is 5.56 Å². The molecule has 0 aliphatic carbocycles. The number of halogens is 2. The van der Waals surface area contributed by atoms with Gasteiger partial charge in [0.05, 0.1) is 4.47 Å². The molecule has 1 aromatic heterocycles. The highest BCUT2D eigenvalue weighted by molar-refractivity contribution is 9.11. The van der Waals surface area contributed by atoms with Gasteiger partial charge in [0.2, 0.25) is 0 Å². The van der Waals surface area contributed by atoms with Crippen molar-refractivity contribution in [2.24, 2.45) is 0 Å². The van der Waals surface area contributed by atoms with Crippen LogP contribution in [0.2, 0.25) is 0 Å². The van der Waals surface area contributed by atoms with E-state index in [2.05, 4.69) is 36.8 Å². The fourth-order valence-electron chi connectivity index (χ4n) is 2.20. The van der Waals surface area contributed by atoms with E-state index >= 15 is 0 Å². The van der Waals surface area contributed by atoms with Crippen molar-refractivity contribution in [3.63, 3.8) is 0 Å². The Bertz CT molecular complexity index is 439. The number of aryl methyl sites for hydroxylation is 1. The predicted octanol–water partition coefficient (Wildman–Crippen LogP) is 2.86. The second-order valence-corrected chi connectivity index (χ2v) is 6.18. The van der Waals surface area contributed by atoms with Crippen LogP contribution in [0.4, 0.5) is 0 Å². The molecule has 94 valence electrons. The SMILES string of the molecule is O=c1c(Br)cc(Br)cn1CCCN1CCCC1. The topological polar surface area (TPSA) is 25.2 Å². The molecule has 5 heteroatoms. The molecule has 0 aromatic carbocycles. The van der Waals surface area contributed by atoms with Crippen molar-refractivity contribution in [3.05, 3.63) is 31.6 Å². The third kappa shape index (κ3) is 3.66. The zero-order valence-electron chi connectivity index (χ0n) is 9.66. The highest BCUT2D eigenvalue weighted by Gasteiger charge is 2.10. The summed E-state index contributed by atoms with van der Waals surface area (Å²) in [6, 6.07) is 1.79.